The van der Waals surface area contributed by atoms with E-state index in [0.717, 1.165) is 38.4 Å². The molecule has 2 amide bonds. The molecule has 1 atom stereocenters. The smallest absolute Gasteiger partial charge is 0.317 e. The summed E-state index contributed by atoms with van der Waals surface area (Å²) in [4.78, 5) is 16.2. The van der Waals surface area contributed by atoms with Gasteiger partial charge in [0.2, 0.25) is 0 Å². The Balaban J connectivity index is 1.72. The number of nitrogens with zero attached hydrogens (tertiary/aromatic N) is 2. The molecule has 2 rings (SSSR count). The zero-order valence-corrected chi connectivity index (χ0v) is 11.8. The molecule has 5 nitrogen and oxygen atoms in total. The number of urea groups is 1. The summed E-state index contributed by atoms with van der Waals surface area (Å²) in [6, 6.07) is 3.70. The lowest BCUT2D eigenvalue weighted by molar-refractivity contribution is 0.203. The minimum atomic E-state index is 0.0121. The van der Waals surface area contributed by atoms with Crippen molar-refractivity contribution in [2.75, 3.05) is 33.2 Å². The molecule has 19 heavy (non-hydrogen) atoms. The standard InChI is InChI=1S/C14H23N3O2/c1-3-16(2)10-12-6-7-17(11-12)14(18)15-9-13-5-4-8-19-13/h4-5,8,12H,3,6-7,9-11H2,1-2H3,(H,15,18). The average molecular weight is 265 g/mol. The monoisotopic (exact) mass is 265 g/mol. The van der Waals surface area contributed by atoms with E-state index in [-0.39, 0.29) is 6.03 Å². The van der Waals surface area contributed by atoms with Gasteiger partial charge in [-0.1, -0.05) is 6.92 Å². The predicted octanol–water partition coefficient (Wildman–Crippen LogP) is 1.76. The minimum Gasteiger partial charge on any atom is -0.467 e. The first-order valence-corrected chi connectivity index (χ1v) is 6.92. The highest BCUT2D eigenvalue weighted by molar-refractivity contribution is 5.74. The molecule has 0 aromatic carbocycles. The summed E-state index contributed by atoms with van der Waals surface area (Å²) in [5.41, 5.74) is 0. The third-order valence-electron chi connectivity index (χ3n) is 3.68. The van der Waals surface area contributed by atoms with E-state index in [9.17, 15) is 4.79 Å². The molecule has 5 heteroatoms. The predicted molar refractivity (Wildman–Crippen MR) is 73.8 cm³/mol. The molecule has 1 fully saturated rings. The van der Waals surface area contributed by atoms with Crippen molar-refractivity contribution in [2.45, 2.75) is 19.9 Å². The van der Waals surface area contributed by atoms with Gasteiger partial charge in [-0.3, -0.25) is 0 Å². The summed E-state index contributed by atoms with van der Waals surface area (Å²) < 4.78 is 5.19. The van der Waals surface area contributed by atoms with Crippen LogP contribution in [0.25, 0.3) is 0 Å². The van der Waals surface area contributed by atoms with Gasteiger partial charge in [-0.25, -0.2) is 4.79 Å². The van der Waals surface area contributed by atoms with Gasteiger partial charge in [-0.05, 0) is 38.1 Å². The summed E-state index contributed by atoms with van der Waals surface area (Å²) in [5, 5.41) is 2.89. The second-order valence-corrected chi connectivity index (χ2v) is 5.19. The maximum atomic E-state index is 12.0. The van der Waals surface area contributed by atoms with Crippen LogP contribution in [0.2, 0.25) is 0 Å². The van der Waals surface area contributed by atoms with Crippen molar-refractivity contribution in [3.05, 3.63) is 24.2 Å². The Hall–Kier alpha value is -1.49. The zero-order valence-electron chi connectivity index (χ0n) is 11.8. The molecule has 1 aliphatic heterocycles. The number of carbonyl (C=O) groups is 1. The Morgan fingerprint density at radius 3 is 3.16 bits per heavy atom. The first-order chi connectivity index (χ1) is 9.19. The summed E-state index contributed by atoms with van der Waals surface area (Å²) in [7, 11) is 2.12. The molecule has 2 heterocycles. The molecule has 0 radical (unpaired) electrons. The van der Waals surface area contributed by atoms with E-state index in [1.807, 2.05) is 17.0 Å². The Bertz CT molecular complexity index is 391. The van der Waals surface area contributed by atoms with E-state index in [1.54, 1.807) is 6.26 Å². The molecule has 0 saturated carbocycles. The maximum Gasteiger partial charge on any atom is 0.317 e. The number of amides is 2. The first-order valence-electron chi connectivity index (χ1n) is 6.92. The quantitative estimate of drug-likeness (QED) is 0.882. The third-order valence-corrected chi connectivity index (χ3v) is 3.68. The van der Waals surface area contributed by atoms with Crippen molar-refractivity contribution >= 4 is 6.03 Å². The number of furan rings is 1. The van der Waals surface area contributed by atoms with Crippen LogP contribution in [0, 0.1) is 5.92 Å². The van der Waals surface area contributed by atoms with Crippen molar-refractivity contribution in [3.8, 4) is 0 Å². The van der Waals surface area contributed by atoms with E-state index in [2.05, 4.69) is 24.2 Å². The number of hydrogen-bond acceptors (Lipinski definition) is 3. The van der Waals surface area contributed by atoms with Crippen LogP contribution in [0.15, 0.2) is 22.8 Å². The molecular weight excluding hydrogens is 242 g/mol. The van der Waals surface area contributed by atoms with E-state index < -0.39 is 0 Å². The average Bonchev–Trinajstić information content (AvgIpc) is 3.07. The number of hydrogen-bond donors (Lipinski definition) is 1. The van der Waals surface area contributed by atoms with E-state index in [0.29, 0.717) is 12.5 Å². The van der Waals surface area contributed by atoms with Crippen molar-refractivity contribution in [3.63, 3.8) is 0 Å². The topological polar surface area (TPSA) is 48.7 Å². The van der Waals surface area contributed by atoms with Crippen LogP contribution >= 0.6 is 0 Å². The Morgan fingerprint density at radius 1 is 1.63 bits per heavy atom. The van der Waals surface area contributed by atoms with Crippen LogP contribution in [-0.2, 0) is 6.54 Å². The lowest BCUT2D eigenvalue weighted by Gasteiger charge is -2.20. The highest BCUT2D eigenvalue weighted by Crippen LogP contribution is 2.17. The minimum absolute atomic E-state index is 0.0121. The molecule has 106 valence electrons. The van der Waals surface area contributed by atoms with Gasteiger partial charge < -0.3 is 19.5 Å². The van der Waals surface area contributed by atoms with Crippen LogP contribution in [0.5, 0.6) is 0 Å². The number of likely N-dealkylation sites (tertiary alicyclic amines) is 1. The van der Waals surface area contributed by atoms with Crippen LogP contribution in [0.4, 0.5) is 4.79 Å². The number of rotatable bonds is 5. The Labute approximate surface area is 114 Å². The van der Waals surface area contributed by atoms with Gasteiger partial charge in [-0.15, -0.1) is 0 Å². The van der Waals surface area contributed by atoms with Crippen LogP contribution in [0.3, 0.4) is 0 Å². The van der Waals surface area contributed by atoms with Crippen LogP contribution < -0.4 is 5.32 Å². The van der Waals surface area contributed by atoms with Crippen molar-refractivity contribution < 1.29 is 9.21 Å². The summed E-state index contributed by atoms with van der Waals surface area (Å²) in [5.74, 6) is 1.38. The van der Waals surface area contributed by atoms with Gasteiger partial charge in [0, 0.05) is 19.6 Å². The summed E-state index contributed by atoms with van der Waals surface area (Å²) in [6.45, 7) is 6.45. The molecule has 1 saturated heterocycles. The number of nitrogens with one attached hydrogen (secondary N) is 1. The normalized spacial score (nSPS) is 19.1. The second-order valence-electron chi connectivity index (χ2n) is 5.19. The highest BCUT2D eigenvalue weighted by Gasteiger charge is 2.26. The fourth-order valence-corrected chi connectivity index (χ4v) is 2.42. The molecule has 1 N–H and O–H groups in total. The Kier molecular flexibility index (Phi) is 4.85. The van der Waals surface area contributed by atoms with Crippen molar-refractivity contribution in [2.24, 2.45) is 5.92 Å². The zero-order chi connectivity index (χ0) is 13.7. The van der Waals surface area contributed by atoms with E-state index >= 15 is 0 Å². The fourth-order valence-electron chi connectivity index (χ4n) is 2.42. The van der Waals surface area contributed by atoms with Crippen molar-refractivity contribution in [1.82, 2.24) is 15.1 Å². The van der Waals surface area contributed by atoms with E-state index in [4.69, 9.17) is 4.42 Å². The fraction of sp³-hybridized carbons (Fsp3) is 0.643. The maximum absolute atomic E-state index is 12.0. The van der Waals surface area contributed by atoms with Gasteiger partial charge >= 0.3 is 6.03 Å². The molecule has 0 aliphatic carbocycles. The van der Waals surface area contributed by atoms with Gasteiger partial charge in [-0.2, -0.15) is 0 Å². The first kappa shape index (κ1) is 13.9. The SMILES string of the molecule is CCN(C)CC1CCN(C(=O)NCc2ccco2)C1. The molecule has 1 aliphatic rings. The Morgan fingerprint density at radius 2 is 2.47 bits per heavy atom. The van der Waals surface area contributed by atoms with Crippen molar-refractivity contribution in [1.29, 1.82) is 0 Å². The molecule has 0 spiro atoms. The van der Waals surface area contributed by atoms with Gasteiger partial charge in [0.1, 0.15) is 5.76 Å². The molecule has 1 aromatic rings. The number of carbonyl (C=O) groups excluding carboxylic acids is 1. The van der Waals surface area contributed by atoms with Crippen LogP contribution in [-0.4, -0.2) is 49.1 Å². The lowest BCUT2D eigenvalue weighted by Crippen LogP contribution is -2.38. The van der Waals surface area contributed by atoms with Gasteiger partial charge in [0.15, 0.2) is 0 Å². The molecular formula is C14H23N3O2. The summed E-state index contributed by atoms with van der Waals surface area (Å²) in [6.07, 6.45) is 2.71. The molecule has 1 aromatic heterocycles. The van der Waals surface area contributed by atoms with Gasteiger partial charge in [0.25, 0.3) is 0 Å². The van der Waals surface area contributed by atoms with E-state index in [1.165, 1.54) is 0 Å². The lowest BCUT2D eigenvalue weighted by atomic mass is 10.1. The molecule has 1 unspecified atom stereocenters. The van der Waals surface area contributed by atoms with Crippen LogP contribution in [0.1, 0.15) is 19.1 Å². The highest BCUT2D eigenvalue weighted by atomic mass is 16.3. The van der Waals surface area contributed by atoms with Gasteiger partial charge in [0.05, 0.1) is 12.8 Å². The second kappa shape index (κ2) is 6.61. The summed E-state index contributed by atoms with van der Waals surface area (Å²) >= 11 is 0. The third kappa shape index (κ3) is 3.99. The largest absolute Gasteiger partial charge is 0.467 e. The molecule has 0 bridgehead atoms.